The van der Waals surface area contributed by atoms with Crippen LogP contribution in [0.3, 0.4) is 0 Å². The van der Waals surface area contributed by atoms with Gasteiger partial charge in [-0.05, 0) is 59.3 Å². The van der Waals surface area contributed by atoms with E-state index in [1.54, 1.807) is 18.2 Å². The Bertz CT molecular complexity index is 1280. The first-order chi connectivity index (χ1) is 14.1. The molecule has 3 aromatic carbocycles. The fourth-order valence-corrected chi connectivity index (χ4v) is 3.53. The van der Waals surface area contributed by atoms with Gasteiger partial charge in [-0.2, -0.15) is 5.26 Å². The third-order valence-electron chi connectivity index (χ3n) is 4.53. The van der Waals surface area contributed by atoms with Crippen LogP contribution in [0.15, 0.2) is 95.1 Å². The lowest BCUT2D eigenvalue weighted by Gasteiger charge is -2.09. The summed E-state index contributed by atoms with van der Waals surface area (Å²) >= 11 is 3.37. The van der Waals surface area contributed by atoms with Gasteiger partial charge in [0.15, 0.2) is 0 Å². The smallest absolute Gasteiger partial charge is 0.266 e. The van der Waals surface area contributed by atoms with Gasteiger partial charge in [0.25, 0.3) is 5.91 Å². The summed E-state index contributed by atoms with van der Waals surface area (Å²) in [4.78, 5) is 12.6. The molecule has 1 aromatic heterocycles. The Balaban J connectivity index is 1.66. The number of nitrogens with zero attached hydrogens (tertiary/aromatic N) is 2. The summed E-state index contributed by atoms with van der Waals surface area (Å²) in [5.41, 5.74) is 2.37. The molecule has 0 unspecified atom stereocenters. The maximum absolute atomic E-state index is 12.6. The van der Waals surface area contributed by atoms with Gasteiger partial charge in [0, 0.05) is 27.7 Å². The van der Waals surface area contributed by atoms with E-state index in [1.807, 2.05) is 59.3 Å². The number of nitriles is 1. The van der Waals surface area contributed by atoms with E-state index in [2.05, 4.69) is 45.5 Å². The Morgan fingerprint density at radius 1 is 0.966 bits per heavy atom. The van der Waals surface area contributed by atoms with Crippen molar-refractivity contribution < 1.29 is 4.79 Å². The van der Waals surface area contributed by atoms with Crippen molar-refractivity contribution in [3.05, 3.63) is 101 Å². The molecule has 4 nitrogen and oxygen atoms in total. The zero-order valence-electron chi connectivity index (χ0n) is 15.3. The number of carbonyl (C=O) groups excluding carboxylic acids is 1. The van der Waals surface area contributed by atoms with E-state index in [0.29, 0.717) is 5.69 Å². The van der Waals surface area contributed by atoms with E-state index >= 15 is 0 Å². The highest BCUT2D eigenvalue weighted by Crippen LogP contribution is 2.22. The average Bonchev–Trinajstić information content (AvgIpc) is 3.20. The fourth-order valence-electron chi connectivity index (χ4n) is 3.13. The van der Waals surface area contributed by atoms with Crippen LogP contribution in [-0.4, -0.2) is 10.5 Å². The number of rotatable bonds is 4. The Morgan fingerprint density at radius 2 is 1.79 bits per heavy atom. The molecule has 1 N–H and O–H groups in total. The van der Waals surface area contributed by atoms with Crippen LogP contribution in [0.5, 0.6) is 0 Å². The number of benzene rings is 3. The van der Waals surface area contributed by atoms with Gasteiger partial charge in [-0.15, -0.1) is 0 Å². The molecule has 4 rings (SSSR count). The molecule has 5 heteroatoms. The van der Waals surface area contributed by atoms with Crippen molar-refractivity contribution >= 4 is 44.4 Å². The van der Waals surface area contributed by atoms with Crippen LogP contribution in [0.1, 0.15) is 5.69 Å². The van der Waals surface area contributed by atoms with Crippen LogP contribution in [-0.2, 0) is 4.79 Å². The van der Waals surface area contributed by atoms with Gasteiger partial charge in [-0.1, -0.05) is 52.3 Å². The van der Waals surface area contributed by atoms with Crippen LogP contribution in [0, 0.1) is 11.3 Å². The minimum Gasteiger partial charge on any atom is -0.321 e. The first kappa shape index (κ1) is 18.7. The number of hydrogen-bond acceptors (Lipinski definition) is 2. The van der Waals surface area contributed by atoms with Crippen LogP contribution >= 0.6 is 15.9 Å². The van der Waals surface area contributed by atoms with E-state index in [-0.39, 0.29) is 5.57 Å². The number of amides is 1. The van der Waals surface area contributed by atoms with Gasteiger partial charge in [0.1, 0.15) is 11.6 Å². The summed E-state index contributed by atoms with van der Waals surface area (Å²) in [6.07, 6.45) is 3.51. The van der Waals surface area contributed by atoms with Gasteiger partial charge >= 0.3 is 0 Å². The van der Waals surface area contributed by atoms with Crippen molar-refractivity contribution in [2.45, 2.75) is 0 Å². The molecule has 1 heterocycles. The highest BCUT2D eigenvalue weighted by Gasteiger charge is 2.12. The van der Waals surface area contributed by atoms with Gasteiger partial charge in [-0.3, -0.25) is 4.79 Å². The summed E-state index contributed by atoms with van der Waals surface area (Å²) in [6, 6.07) is 27.3. The zero-order valence-corrected chi connectivity index (χ0v) is 16.9. The molecule has 140 valence electrons. The fraction of sp³-hybridized carbons (Fsp3) is 0. The van der Waals surface area contributed by atoms with E-state index in [0.717, 1.165) is 26.6 Å². The summed E-state index contributed by atoms with van der Waals surface area (Å²) < 4.78 is 2.80. The predicted octanol–water partition coefficient (Wildman–Crippen LogP) is 5.94. The third kappa shape index (κ3) is 4.13. The molecule has 4 aromatic rings. The number of fused-ring (bicyclic) bond motifs is 1. The maximum atomic E-state index is 12.6. The normalized spacial score (nSPS) is 11.2. The number of aromatic nitrogens is 1. The standard InChI is InChI=1S/C24H16BrN3O/c25-20-7-3-8-21(15-20)27-24(29)19(16-26)14-22-9-4-12-28(22)23-11-10-17-5-1-2-6-18(17)13-23/h1-15H,(H,27,29)/b19-14-. The van der Waals surface area contributed by atoms with Crippen LogP contribution in [0.2, 0.25) is 0 Å². The van der Waals surface area contributed by atoms with E-state index in [1.165, 1.54) is 0 Å². The van der Waals surface area contributed by atoms with Crippen LogP contribution < -0.4 is 5.32 Å². The lowest BCUT2D eigenvalue weighted by atomic mass is 10.1. The molecule has 0 aliphatic heterocycles. The molecule has 0 aliphatic rings. The van der Waals surface area contributed by atoms with E-state index in [9.17, 15) is 10.1 Å². The Hall–Kier alpha value is -3.62. The van der Waals surface area contributed by atoms with E-state index in [4.69, 9.17) is 0 Å². The first-order valence-corrected chi connectivity index (χ1v) is 9.78. The third-order valence-corrected chi connectivity index (χ3v) is 5.02. The second-order valence-corrected chi connectivity index (χ2v) is 7.38. The van der Waals surface area contributed by atoms with Gasteiger partial charge in [0.05, 0.1) is 0 Å². The Kier molecular flexibility index (Phi) is 5.28. The van der Waals surface area contributed by atoms with Crippen molar-refractivity contribution in [1.29, 1.82) is 5.26 Å². The van der Waals surface area contributed by atoms with E-state index < -0.39 is 5.91 Å². The highest BCUT2D eigenvalue weighted by molar-refractivity contribution is 9.10. The second-order valence-electron chi connectivity index (χ2n) is 6.47. The first-order valence-electron chi connectivity index (χ1n) is 8.99. The topological polar surface area (TPSA) is 57.8 Å². The number of hydrogen-bond donors (Lipinski definition) is 1. The van der Waals surface area contributed by atoms with Gasteiger partial charge in [-0.25, -0.2) is 0 Å². The van der Waals surface area contributed by atoms with Gasteiger partial charge in [0.2, 0.25) is 0 Å². The average molecular weight is 442 g/mol. The molecule has 0 spiro atoms. The number of carbonyl (C=O) groups is 1. The second kappa shape index (κ2) is 8.17. The monoisotopic (exact) mass is 441 g/mol. The minimum atomic E-state index is -0.447. The summed E-state index contributed by atoms with van der Waals surface area (Å²) in [6.45, 7) is 0. The quantitative estimate of drug-likeness (QED) is 0.314. The molecular formula is C24H16BrN3O. The SMILES string of the molecule is N#C/C(=C/c1cccn1-c1ccc2ccccc2c1)C(=O)Nc1cccc(Br)c1. The number of halogens is 1. The molecule has 0 radical (unpaired) electrons. The number of anilines is 1. The molecule has 1 amide bonds. The van der Waals surface area contributed by atoms with Crippen molar-refractivity contribution in [2.24, 2.45) is 0 Å². The molecular weight excluding hydrogens is 426 g/mol. The van der Waals surface area contributed by atoms with Crippen molar-refractivity contribution in [3.8, 4) is 11.8 Å². The highest BCUT2D eigenvalue weighted by atomic mass is 79.9. The van der Waals surface area contributed by atoms with Crippen molar-refractivity contribution in [3.63, 3.8) is 0 Å². The van der Waals surface area contributed by atoms with Crippen molar-refractivity contribution in [2.75, 3.05) is 5.32 Å². The Morgan fingerprint density at radius 3 is 2.59 bits per heavy atom. The molecule has 0 fully saturated rings. The molecule has 0 saturated heterocycles. The molecule has 29 heavy (non-hydrogen) atoms. The predicted molar refractivity (Wildman–Crippen MR) is 120 cm³/mol. The largest absolute Gasteiger partial charge is 0.321 e. The lowest BCUT2D eigenvalue weighted by molar-refractivity contribution is -0.112. The molecule has 0 atom stereocenters. The molecule has 0 bridgehead atoms. The van der Waals surface area contributed by atoms with Gasteiger partial charge < -0.3 is 9.88 Å². The number of nitrogens with one attached hydrogen (secondary N) is 1. The van der Waals surface area contributed by atoms with Crippen LogP contribution in [0.25, 0.3) is 22.5 Å². The lowest BCUT2D eigenvalue weighted by Crippen LogP contribution is -2.13. The van der Waals surface area contributed by atoms with Crippen molar-refractivity contribution in [1.82, 2.24) is 4.57 Å². The maximum Gasteiger partial charge on any atom is 0.266 e. The van der Waals surface area contributed by atoms with Crippen LogP contribution in [0.4, 0.5) is 5.69 Å². The summed E-state index contributed by atoms with van der Waals surface area (Å²) in [7, 11) is 0. The molecule has 0 saturated carbocycles. The molecule has 0 aliphatic carbocycles. The summed E-state index contributed by atoms with van der Waals surface area (Å²) in [5.74, 6) is -0.447. The minimum absolute atomic E-state index is 0.0331. The Labute approximate surface area is 176 Å². The summed E-state index contributed by atoms with van der Waals surface area (Å²) in [5, 5.41) is 14.6. The zero-order chi connectivity index (χ0) is 20.2.